The predicted octanol–water partition coefficient (Wildman–Crippen LogP) is 3.67. The molecular formula is C18H23N3O2. The van der Waals surface area contributed by atoms with Crippen molar-refractivity contribution in [3.63, 3.8) is 0 Å². The Morgan fingerprint density at radius 3 is 2.78 bits per heavy atom. The van der Waals surface area contributed by atoms with E-state index in [1.165, 1.54) is 0 Å². The van der Waals surface area contributed by atoms with Crippen LogP contribution in [-0.2, 0) is 0 Å². The Balaban J connectivity index is 2.20. The van der Waals surface area contributed by atoms with E-state index in [-0.39, 0.29) is 11.9 Å². The van der Waals surface area contributed by atoms with Crippen molar-refractivity contribution in [2.45, 2.75) is 33.2 Å². The number of ether oxygens (including phenoxy) is 1. The SMILES string of the molecule is CCC(C)NC(=O)c1cncc(Nc2cc(C)ccc2OC)c1. The first-order valence-corrected chi connectivity index (χ1v) is 7.71. The maximum absolute atomic E-state index is 12.2. The first kappa shape index (κ1) is 16.8. The highest BCUT2D eigenvalue weighted by molar-refractivity contribution is 5.95. The lowest BCUT2D eigenvalue weighted by atomic mass is 10.2. The number of benzene rings is 1. The molecule has 5 nitrogen and oxygen atoms in total. The molecule has 23 heavy (non-hydrogen) atoms. The summed E-state index contributed by atoms with van der Waals surface area (Å²) in [6.07, 6.45) is 4.13. The lowest BCUT2D eigenvalue weighted by molar-refractivity contribution is 0.0939. The molecule has 1 unspecified atom stereocenters. The standard InChI is InChI=1S/C18H23N3O2/c1-5-13(3)20-18(22)14-9-15(11-19-10-14)21-16-8-12(2)6-7-17(16)23-4/h6-11,13,21H,5H2,1-4H3,(H,20,22). The number of rotatable bonds is 6. The van der Waals surface area contributed by atoms with Crippen molar-refractivity contribution >= 4 is 17.3 Å². The fourth-order valence-electron chi connectivity index (χ4n) is 2.12. The third-order valence-electron chi connectivity index (χ3n) is 3.62. The van der Waals surface area contributed by atoms with Gasteiger partial charge in [-0.05, 0) is 44.0 Å². The van der Waals surface area contributed by atoms with Crippen molar-refractivity contribution in [3.8, 4) is 5.75 Å². The molecule has 5 heteroatoms. The number of hydrogen-bond donors (Lipinski definition) is 2. The average molecular weight is 313 g/mol. The van der Waals surface area contributed by atoms with Gasteiger partial charge in [-0.15, -0.1) is 0 Å². The number of amides is 1. The van der Waals surface area contributed by atoms with E-state index in [0.29, 0.717) is 5.56 Å². The molecule has 0 aliphatic heterocycles. The van der Waals surface area contributed by atoms with Gasteiger partial charge in [-0.2, -0.15) is 0 Å². The molecule has 1 amide bonds. The largest absolute Gasteiger partial charge is 0.495 e. The molecule has 1 atom stereocenters. The summed E-state index contributed by atoms with van der Waals surface area (Å²) in [6.45, 7) is 6.02. The number of hydrogen-bond acceptors (Lipinski definition) is 4. The van der Waals surface area contributed by atoms with E-state index in [2.05, 4.69) is 15.6 Å². The maximum Gasteiger partial charge on any atom is 0.253 e. The number of carbonyl (C=O) groups excluding carboxylic acids is 1. The summed E-state index contributed by atoms with van der Waals surface area (Å²) in [5.41, 5.74) is 3.23. The van der Waals surface area contributed by atoms with Crippen LogP contribution >= 0.6 is 0 Å². The van der Waals surface area contributed by atoms with Crippen LogP contribution in [-0.4, -0.2) is 24.0 Å². The molecule has 2 rings (SSSR count). The molecule has 0 bridgehead atoms. The van der Waals surface area contributed by atoms with Crippen LogP contribution in [0.3, 0.4) is 0 Å². The summed E-state index contributed by atoms with van der Waals surface area (Å²) in [6, 6.07) is 7.80. The Kier molecular flexibility index (Phi) is 5.57. The number of nitrogens with one attached hydrogen (secondary N) is 2. The van der Waals surface area contributed by atoms with Crippen molar-refractivity contribution in [1.29, 1.82) is 0 Å². The zero-order chi connectivity index (χ0) is 16.8. The lowest BCUT2D eigenvalue weighted by Gasteiger charge is -2.14. The Hall–Kier alpha value is -2.56. The first-order chi connectivity index (χ1) is 11.0. The molecule has 0 radical (unpaired) electrons. The smallest absolute Gasteiger partial charge is 0.253 e. The van der Waals surface area contributed by atoms with Crippen molar-refractivity contribution in [2.75, 3.05) is 12.4 Å². The molecule has 1 heterocycles. The monoisotopic (exact) mass is 313 g/mol. The van der Waals surface area contributed by atoms with Crippen LogP contribution in [0.5, 0.6) is 5.75 Å². The van der Waals surface area contributed by atoms with Gasteiger partial charge in [-0.25, -0.2) is 0 Å². The molecule has 2 aromatic rings. The fourth-order valence-corrected chi connectivity index (χ4v) is 2.12. The van der Waals surface area contributed by atoms with Gasteiger partial charge < -0.3 is 15.4 Å². The van der Waals surface area contributed by atoms with Crippen LogP contribution in [0, 0.1) is 6.92 Å². The van der Waals surface area contributed by atoms with Crippen molar-refractivity contribution < 1.29 is 9.53 Å². The minimum absolute atomic E-state index is 0.119. The van der Waals surface area contributed by atoms with Crippen molar-refractivity contribution in [2.24, 2.45) is 0 Å². The van der Waals surface area contributed by atoms with Gasteiger partial charge in [0.25, 0.3) is 5.91 Å². The molecule has 2 N–H and O–H groups in total. The Bertz CT molecular complexity index is 686. The van der Waals surface area contributed by atoms with E-state index in [0.717, 1.165) is 29.1 Å². The van der Waals surface area contributed by atoms with E-state index in [1.807, 2.05) is 39.0 Å². The normalized spacial score (nSPS) is 11.7. The zero-order valence-electron chi connectivity index (χ0n) is 14.0. The molecule has 0 aliphatic rings. The summed E-state index contributed by atoms with van der Waals surface area (Å²) in [4.78, 5) is 16.3. The third-order valence-corrected chi connectivity index (χ3v) is 3.62. The van der Waals surface area contributed by atoms with Gasteiger partial charge in [0.05, 0.1) is 30.2 Å². The van der Waals surface area contributed by atoms with E-state index >= 15 is 0 Å². The van der Waals surface area contributed by atoms with E-state index in [1.54, 1.807) is 25.6 Å². The minimum Gasteiger partial charge on any atom is -0.495 e. The number of aromatic nitrogens is 1. The molecule has 0 fully saturated rings. The van der Waals surface area contributed by atoms with Crippen LogP contribution in [0.15, 0.2) is 36.7 Å². The highest BCUT2D eigenvalue weighted by Crippen LogP contribution is 2.28. The zero-order valence-corrected chi connectivity index (χ0v) is 14.0. The number of pyridine rings is 1. The van der Waals surface area contributed by atoms with Gasteiger partial charge in [0.1, 0.15) is 5.75 Å². The number of anilines is 2. The summed E-state index contributed by atoms with van der Waals surface area (Å²) < 4.78 is 5.36. The van der Waals surface area contributed by atoms with Gasteiger partial charge in [0.15, 0.2) is 0 Å². The number of nitrogens with zero attached hydrogens (tertiary/aromatic N) is 1. The predicted molar refractivity (Wildman–Crippen MR) is 92.5 cm³/mol. The molecule has 0 saturated heterocycles. The van der Waals surface area contributed by atoms with E-state index < -0.39 is 0 Å². The minimum atomic E-state index is -0.119. The second-order valence-electron chi connectivity index (χ2n) is 5.57. The second-order valence-corrected chi connectivity index (χ2v) is 5.57. The average Bonchev–Trinajstić information content (AvgIpc) is 2.55. The quantitative estimate of drug-likeness (QED) is 0.854. The fraction of sp³-hybridized carbons (Fsp3) is 0.333. The molecule has 1 aromatic heterocycles. The molecule has 0 saturated carbocycles. The van der Waals surface area contributed by atoms with Gasteiger partial charge in [0.2, 0.25) is 0 Å². The molecule has 122 valence electrons. The highest BCUT2D eigenvalue weighted by atomic mass is 16.5. The topological polar surface area (TPSA) is 63.2 Å². The Morgan fingerprint density at radius 2 is 2.09 bits per heavy atom. The van der Waals surface area contributed by atoms with Gasteiger partial charge in [-0.3, -0.25) is 9.78 Å². The first-order valence-electron chi connectivity index (χ1n) is 7.71. The van der Waals surface area contributed by atoms with Crippen LogP contribution in [0.1, 0.15) is 36.2 Å². The molecular weight excluding hydrogens is 290 g/mol. The van der Waals surface area contributed by atoms with Gasteiger partial charge in [-0.1, -0.05) is 13.0 Å². The van der Waals surface area contributed by atoms with Crippen molar-refractivity contribution in [1.82, 2.24) is 10.3 Å². The Labute approximate surface area is 137 Å². The number of aryl methyl sites for hydroxylation is 1. The molecule has 1 aromatic carbocycles. The summed E-state index contributed by atoms with van der Waals surface area (Å²) in [5, 5.41) is 6.20. The maximum atomic E-state index is 12.2. The van der Waals surface area contributed by atoms with Crippen LogP contribution in [0.2, 0.25) is 0 Å². The van der Waals surface area contributed by atoms with Gasteiger partial charge >= 0.3 is 0 Å². The van der Waals surface area contributed by atoms with Crippen LogP contribution in [0.4, 0.5) is 11.4 Å². The second kappa shape index (κ2) is 7.63. The highest BCUT2D eigenvalue weighted by Gasteiger charge is 2.10. The van der Waals surface area contributed by atoms with Crippen molar-refractivity contribution in [3.05, 3.63) is 47.8 Å². The number of carbonyl (C=O) groups is 1. The number of methoxy groups -OCH3 is 1. The van der Waals surface area contributed by atoms with Crippen LogP contribution < -0.4 is 15.4 Å². The summed E-state index contributed by atoms with van der Waals surface area (Å²) in [5.74, 6) is 0.622. The van der Waals surface area contributed by atoms with Gasteiger partial charge in [0, 0.05) is 12.2 Å². The van der Waals surface area contributed by atoms with E-state index in [4.69, 9.17) is 4.74 Å². The molecule has 0 spiro atoms. The summed E-state index contributed by atoms with van der Waals surface area (Å²) in [7, 11) is 1.63. The Morgan fingerprint density at radius 1 is 1.30 bits per heavy atom. The van der Waals surface area contributed by atoms with E-state index in [9.17, 15) is 4.79 Å². The third kappa shape index (κ3) is 4.45. The molecule has 0 aliphatic carbocycles. The lowest BCUT2D eigenvalue weighted by Crippen LogP contribution is -2.31. The summed E-state index contributed by atoms with van der Waals surface area (Å²) >= 11 is 0. The van der Waals surface area contributed by atoms with Crippen LogP contribution in [0.25, 0.3) is 0 Å².